The number of anilines is 1. The van der Waals surface area contributed by atoms with Crippen molar-refractivity contribution in [3.63, 3.8) is 0 Å². The summed E-state index contributed by atoms with van der Waals surface area (Å²) in [5.74, 6) is -5.39. The van der Waals surface area contributed by atoms with Crippen LogP contribution >= 0.6 is 0 Å². The molecule has 162 valence electrons. The average molecular weight is 442 g/mol. The van der Waals surface area contributed by atoms with Crippen molar-refractivity contribution in [2.45, 2.75) is 37.2 Å². The Morgan fingerprint density at radius 1 is 1.13 bits per heavy atom. The lowest BCUT2D eigenvalue weighted by atomic mass is 10.1. The number of carbonyl (C=O) groups is 1. The minimum Gasteiger partial charge on any atom is -0.392 e. The maximum atomic E-state index is 13.4. The van der Waals surface area contributed by atoms with Crippen LogP contribution in [0.25, 0.3) is 0 Å². The number of aryl methyl sites for hydroxylation is 1. The Balaban J connectivity index is 1.90. The minimum absolute atomic E-state index is 0.0354. The summed E-state index contributed by atoms with van der Waals surface area (Å²) in [5.41, 5.74) is 0.0425. The lowest BCUT2D eigenvalue weighted by molar-refractivity contribution is 0.102. The van der Waals surface area contributed by atoms with E-state index in [1.54, 1.807) is 6.92 Å². The summed E-state index contributed by atoms with van der Waals surface area (Å²) < 4.78 is 67.2. The second kappa shape index (κ2) is 8.75. The maximum absolute atomic E-state index is 13.4. The first-order valence-corrected chi connectivity index (χ1v) is 10.8. The fraction of sp³-hybridized carbons (Fsp3) is 0.350. The van der Waals surface area contributed by atoms with Crippen molar-refractivity contribution in [3.05, 3.63) is 58.9 Å². The van der Waals surface area contributed by atoms with Crippen LogP contribution in [0.4, 0.5) is 18.9 Å². The molecule has 0 radical (unpaired) electrons. The fourth-order valence-electron chi connectivity index (χ4n) is 3.29. The molecule has 2 aromatic carbocycles. The Labute approximate surface area is 172 Å². The number of aliphatic hydroxyl groups excluding tert-OH is 1. The van der Waals surface area contributed by atoms with Crippen LogP contribution < -0.4 is 5.32 Å². The van der Waals surface area contributed by atoms with Gasteiger partial charge in [0, 0.05) is 36.5 Å². The van der Waals surface area contributed by atoms with Crippen molar-refractivity contribution in [3.8, 4) is 0 Å². The van der Waals surface area contributed by atoms with E-state index < -0.39 is 39.5 Å². The molecule has 0 saturated carbocycles. The number of aliphatic hydroxyl groups is 1. The molecule has 1 fully saturated rings. The summed E-state index contributed by atoms with van der Waals surface area (Å²) in [6.45, 7) is 1.79. The van der Waals surface area contributed by atoms with Gasteiger partial charge in [-0.3, -0.25) is 4.79 Å². The van der Waals surface area contributed by atoms with E-state index in [0.717, 1.165) is 0 Å². The zero-order chi connectivity index (χ0) is 22.1. The van der Waals surface area contributed by atoms with Gasteiger partial charge < -0.3 is 10.4 Å². The molecule has 0 spiro atoms. The van der Waals surface area contributed by atoms with Crippen LogP contribution in [-0.2, 0) is 10.0 Å². The normalized spacial score (nSPS) is 18.1. The molecule has 1 aliphatic rings. The van der Waals surface area contributed by atoms with Gasteiger partial charge in [-0.2, -0.15) is 4.31 Å². The third-order valence-electron chi connectivity index (χ3n) is 4.92. The highest BCUT2D eigenvalue weighted by Gasteiger charge is 2.30. The largest absolute Gasteiger partial charge is 0.392 e. The highest BCUT2D eigenvalue weighted by atomic mass is 32.2. The topological polar surface area (TPSA) is 86.7 Å². The molecule has 10 heteroatoms. The Morgan fingerprint density at radius 2 is 1.80 bits per heavy atom. The highest BCUT2D eigenvalue weighted by Crippen LogP contribution is 2.25. The summed E-state index contributed by atoms with van der Waals surface area (Å²) in [4.78, 5) is 12.4. The summed E-state index contributed by atoms with van der Waals surface area (Å²) in [6, 6.07) is 5.24. The molecule has 2 N–H and O–H groups in total. The number of β-amino-alcohol motifs (C(OH)–C–C–N with tert-alkyl or cyclic N) is 1. The van der Waals surface area contributed by atoms with Gasteiger partial charge in [0.1, 0.15) is 0 Å². The predicted molar refractivity (Wildman–Crippen MR) is 104 cm³/mol. The first-order chi connectivity index (χ1) is 14.1. The molecule has 1 amide bonds. The van der Waals surface area contributed by atoms with Gasteiger partial charge >= 0.3 is 0 Å². The predicted octanol–water partition coefficient (Wildman–Crippen LogP) is 3.20. The number of carbonyl (C=O) groups excluding carboxylic acids is 1. The number of amides is 1. The van der Waals surface area contributed by atoms with Gasteiger partial charge in [0.15, 0.2) is 17.5 Å². The lowest BCUT2D eigenvalue weighted by Gasteiger charge is -2.23. The Bertz CT molecular complexity index is 1050. The van der Waals surface area contributed by atoms with E-state index in [0.29, 0.717) is 37.0 Å². The van der Waals surface area contributed by atoms with Crippen LogP contribution in [0.15, 0.2) is 35.2 Å². The number of nitrogens with zero attached hydrogens (tertiary/aromatic N) is 1. The number of sulfonamides is 1. The fourth-order valence-corrected chi connectivity index (χ4v) is 5.06. The second-order valence-electron chi connectivity index (χ2n) is 7.20. The standard InChI is InChI=1S/C20H21F3N2O4S/c1-12-5-6-13(20(27)24-14-9-16(21)19(23)17(22)10-14)8-18(12)30(28,29)25-7-3-2-4-15(26)11-25/h5-6,8-10,15,26H,2-4,7,11H2,1H3,(H,24,27). The molecule has 6 nitrogen and oxygen atoms in total. The monoisotopic (exact) mass is 442 g/mol. The van der Waals surface area contributed by atoms with Crippen molar-refractivity contribution in [1.82, 2.24) is 4.31 Å². The first-order valence-electron chi connectivity index (χ1n) is 9.34. The van der Waals surface area contributed by atoms with Gasteiger partial charge in [0.25, 0.3) is 5.91 Å². The third-order valence-corrected chi connectivity index (χ3v) is 6.93. The Morgan fingerprint density at radius 3 is 2.47 bits per heavy atom. The molecule has 3 rings (SSSR count). The van der Waals surface area contributed by atoms with Crippen molar-refractivity contribution >= 4 is 21.6 Å². The van der Waals surface area contributed by atoms with E-state index in [-0.39, 0.29) is 29.2 Å². The van der Waals surface area contributed by atoms with E-state index in [9.17, 15) is 31.5 Å². The summed E-state index contributed by atoms with van der Waals surface area (Å²) in [6.07, 6.45) is 1.06. The maximum Gasteiger partial charge on any atom is 0.255 e. The van der Waals surface area contributed by atoms with E-state index in [4.69, 9.17) is 0 Å². The Kier molecular flexibility index (Phi) is 6.49. The zero-order valence-electron chi connectivity index (χ0n) is 16.2. The van der Waals surface area contributed by atoms with Crippen molar-refractivity contribution in [2.24, 2.45) is 0 Å². The van der Waals surface area contributed by atoms with Crippen molar-refractivity contribution in [2.75, 3.05) is 18.4 Å². The van der Waals surface area contributed by atoms with E-state index >= 15 is 0 Å². The van der Waals surface area contributed by atoms with Gasteiger partial charge in [-0.15, -0.1) is 0 Å². The van der Waals surface area contributed by atoms with Crippen LogP contribution in [0, 0.1) is 24.4 Å². The zero-order valence-corrected chi connectivity index (χ0v) is 17.0. The molecule has 0 aliphatic carbocycles. The first kappa shape index (κ1) is 22.3. The summed E-state index contributed by atoms with van der Waals surface area (Å²) in [5, 5.41) is 12.2. The molecule has 2 aromatic rings. The highest BCUT2D eigenvalue weighted by molar-refractivity contribution is 7.89. The molecule has 1 unspecified atom stereocenters. The van der Waals surface area contributed by atoms with Gasteiger partial charge in [-0.1, -0.05) is 6.07 Å². The third kappa shape index (κ3) is 4.66. The molecule has 30 heavy (non-hydrogen) atoms. The van der Waals surface area contributed by atoms with Crippen LogP contribution in [0.5, 0.6) is 0 Å². The van der Waals surface area contributed by atoms with E-state index in [1.165, 1.54) is 22.5 Å². The van der Waals surface area contributed by atoms with Crippen molar-refractivity contribution < 1.29 is 31.5 Å². The van der Waals surface area contributed by atoms with E-state index in [2.05, 4.69) is 5.32 Å². The smallest absolute Gasteiger partial charge is 0.255 e. The number of nitrogens with one attached hydrogen (secondary N) is 1. The summed E-state index contributed by atoms with van der Waals surface area (Å²) in [7, 11) is -3.97. The average Bonchev–Trinajstić information content (AvgIpc) is 2.91. The molecule has 1 atom stereocenters. The van der Waals surface area contributed by atoms with Crippen molar-refractivity contribution in [1.29, 1.82) is 0 Å². The summed E-state index contributed by atoms with van der Waals surface area (Å²) >= 11 is 0. The molecular weight excluding hydrogens is 421 g/mol. The molecule has 1 heterocycles. The van der Waals surface area contributed by atoms with Crippen LogP contribution in [-0.4, -0.2) is 42.9 Å². The number of benzene rings is 2. The van der Waals surface area contributed by atoms with Gasteiger partial charge in [0.2, 0.25) is 10.0 Å². The number of halogens is 3. The lowest BCUT2D eigenvalue weighted by Crippen LogP contribution is -2.36. The van der Waals surface area contributed by atoms with Gasteiger partial charge in [0.05, 0.1) is 11.0 Å². The molecule has 1 saturated heterocycles. The minimum atomic E-state index is -3.97. The number of hydrogen-bond donors (Lipinski definition) is 2. The Hall–Kier alpha value is -2.43. The SMILES string of the molecule is Cc1ccc(C(=O)Nc2cc(F)c(F)c(F)c2)cc1S(=O)(=O)N1CCCCC(O)C1. The molecule has 1 aliphatic heterocycles. The van der Waals surface area contributed by atoms with Crippen LogP contribution in [0.3, 0.4) is 0 Å². The number of hydrogen-bond acceptors (Lipinski definition) is 4. The molecule has 0 bridgehead atoms. The molecular formula is C20H21F3N2O4S. The number of rotatable bonds is 4. The quantitative estimate of drug-likeness (QED) is 0.712. The molecule has 0 aromatic heterocycles. The van der Waals surface area contributed by atoms with Crippen LogP contribution in [0.2, 0.25) is 0 Å². The van der Waals surface area contributed by atoms with Gasteiger partial charge in [-0.05, 0) is 43.9 Å². The van der Waals surface area contributed by atoms with E-state index in [1.807, 2.05) is 0 Å². The van der Waals surface area contributed by atoms with Crippen LogP contribution in [0.1, 0.15) is 35.2 Å². The second-order valence-corrected chi connectivity index (χ2v) is 9.11. The van der Waals surface area contributed by atoms with Gasteiger partial charge in [-0.25, -0.2) is 21.6 Å².